The SMILES string of the molecule is O=C(Cc1ccc(S(=O)(=O)N2CCOCC2)s1)NC[C@H]1COc2ccccc2O1. The Morgan fingerprint density at radius 1 is 1.14 bits per heavy atom. The molecule has 3 heterocycles. The summed E-state index contributed by atoms with van der Waals surface area (Å²) in [6, 6.07) is 10.7. The van der Waals surface area contributed by atoms with Crippen LogP contribution in [0.2, 0.25) is 0 Å². The second-order valence-electron chi connectivity index (χ2n) is 6.72. The van der Waals surface area contributed by atoms with Crippen molar-refractivity contribution in [3.05, 3.63) is 41.3 Å². The number of morpholine rings is 1. The summed E-state index contributed by atoms with van der Waals surface area (Å²) >= 11 is 1.13. The van der Waals surface area contributed by atoms with E-state index in [0.717, 1.165) is 11.3 Å². The maximum atomic E-state index is 12.7. The topological polar surface area (TPSA) is 94.2 Å². The summed E-state index contributed by atoms with van der Waals surface area (Å²) in [6.07, 6.45) is -0.151. The van der Waals surface area contributed by atoms with Crippen LogP contribution in [0.1, 0.15) is 4.88 Å². The van der Waals surface area contributed by atoms with Gasteiger partial charge in [0.1, 0.15) is 16.9 Å². The maximum Gasteiger partial charge on any atom is 0.252 e. The molecule has 4 rings (SSSR count). The summed E-state index contributed by atoms with van der Waals surface area (Å²) < 4.78 is 43.7. The van der Waals surface area contributed by atoms with Gasteiger partial charge in [0, 0.05) is 18.0 Å². The van der Waals surface area contributed by atoms with Gasteiger partial charge >= 0.3 is 0 Å². The molecule has 156 valence electrons. The molecule has 29 heavy (non-hydrogen) atoms. The number of rotatable bonds is 6. The molecule has 2 aliphatic heterocycles. The standard InChI is InChI=1S/C19H22N2O6S2/c22-18(20-12-14-13-26-16-3-1-2-4-17(16)27-14)11-15-5-6-19(28-15)29(23,24)21-7-9-25-10-8-21/h1-6,14H,7-13H2,(H,20,22)/t14-/m0/s1. The van der Waals surface area contributed by atoms with E-state index in [1.165, 1.54) is 4.31 Å². The Hall–Kier alpha value is -2.14. The fourth-order valence-electron chi connectivity index (χ4n) is 3.12. The van der Waals surface area contributed by atoms with E-state index in [9.17, 15) is 13.2 Å². The van der Waals surface area contributed by atoms with Crippen LogP contribution in [0.3, 0.4) is 0 Å². The molecule has 0 spiro atoms. The first-order valence-electron chi connectivity index (χ1n) is 9.34. The quantitative estimate of drug-likeness (QED) is 0.730. The molecule has 10 heteroatoms. The van der Waals surface area contributed by atoms with E-state index in [1.807, 2.05) is 24.3 Å². The Bertz CT molecular complexity index is 969. The highest BCUT2D eigenvalue weighted by molar-refractivity contribution is 7.91. The summed E-state index contributed by atoms with van der Waals surface area (Å²) in [7, 11) is -3.53. The van der Waals surface area contributed by atoms with E-state index < -0.39 is 10.0 Å². The van der Waals surface area contributed by atoms with E-state index in [0.29, 0.717) is 55.8 Å². The number of ether oxygens (including phenoxy) is 3. The van der Waals surface area contributed by atoms with Crippen LogP contribution in [0.25, 0.3) is 0 Å². The molecule has 0 aliphatic carbocycles. The van der Waals surface area contributed by atoms with Gasteiger partial charge in [-0.05, 0) is 24.3 Å². The number of sulfonamides is 1. The van der Waals surface area contributed by atoms with Gasteiger partial charge < -0.3 is 19.5 Å². The highest BCUT2D eigenvalue weighted by Crippen LogP contribution is 2.30. The second kappa shape index (κ2) is 8.70. The lowest BCUT2D eigenvalue weighted by atomic mass is 10.2. The van der Waals surface area contributed by atoms with Crippen molar-refractivity contribution in [3.63, 3.8) is 0 Å². The zero-order valence-electron chi connectivity index (χ0n) is 15.7. The molecule has 1 atom stereocenters. The molecule has 8 nitrogen and oxygen atoms in total. The molecule has 0 radical (unpaired) electrons. The number of amides is 1. The largest absolute Gasteiger partial charge is 0.486 e. The van der Waals surface area contributed by atoms with Crippen LogP contribution in [0.15, 0.2) is 40.6 Å². The number of benzene rings is 1. The molecule has 1 amide bonds. The van der Waals surface area contributed by atoms with Gasteiger partial charge in [-0.25, -0.2) is 8.42 Å². The number of nitrogens with one attached hydrogen (secondary N) is 1. The molecular formula is C19H22N2O6S2. The molecular weight excluding hydrogens is 416 g/mol. The van der Waals surface area contributed by atoms with Crippen molar-refractivity contribution in [3.8, 4) is 11.5 Å². The first-order chi connectivity index (χ1) is 14.0. The summed E-state index contributed by atoms with van der Waals surface area (Å²) in [5.74, 6) is 1.17. The van der Waals surface area contributed by atoms with Crippen LogP contribution in [0.5, 0.6) is 11.5 Å². The molecule has 1 fully saturated rings. The van der Waals surface area contributed by atoms with Crippen molar-refractivity contribution in [2.24, 2.45) is 0 Å². The average Bonchev–Trinajstić information content (AvgIpc) is 3.22. The predicted octanol–water partition coefficient (Wildman–Crippen LogP) is 1.27. The molecule has 0 unspecified atom stereocenters. The first-order valence-corrected chi connectivity index (χ1v) is 11.6. The number of para-hydroxylation sites is 2. The predicted molar refractivity (Wildman–Crippen MR) is 107 cm³/mol. The molecule has 1 aromatic heterocycles. The van der Waals surface area contributed by atoms with Crippen LogP contribution in [-0.2, 0) is 26.0 Å². The third-order valence-electron chi connectivity index (χ3n) is 4.63. The Balaban J connectivity index is 1.29. The third kappa shape index (κ3) is 4.72. The smallest absolute Gasteiger partial charge is 0.252 e. The Morgan fingerprint density at radius 2 is 1.90 bits per heavy atom. The molecule has 2 aliphatic rings. The van der Waals surface area contributed by atoms with Crippen LogP contribution in [0, 0.1) is 0 Å². The number of hydrogen-bond acceptors (Lipinski definition) is 7. The van der Waals surface area contributed by atoms with Crippen LogP contribution >= 0.6 is 11.3 Å². The van der Waals surface area contributed by atoms with Crippen molar-refractivity contribution in [2.45, 2.75) is 16.7 Å². The molecule has 1 N–H and O–H groups in total. The van der Waals surface area contributed by atoms with Gasteiger partial charge in [-0.2, -0.15) is 4.31 Å². The number of thiophene rings is 1. The van der Waals surface area contributed by atoms with E-state index in [1.54, 1.807) is 12.1 Å². The fourth-order valence-corrected chi connectivity index (χ4v) is 6.03. The van der Waals surface area contributed by atoms with E-state index in [-0.39, 0.29) is 22.6 Å². The number of fused-ring (bicyclic) bond motifs is 1. The van der Waals surface area contributed by atoms with Crippen molar-refractivity contribution in [1.29, 1.82) is 0 Å². The zero-order chi connectivity index (χ0) is 20.3. The van der Waals surface area contributed by atoms with Gasteiger partial charge in [-0.3, -0.25) is 4.79 Å². The van der Waals surface area contributed by atoms with Crippen LogP contribution in [-0.4, -0.2) is 64.2 Å². The van der Waals surface area contributed by atoms with E-state index >= 15 is 0 Å². The summed E-state index contributed by atoms with van der Waals surface area (Å²) in [5.41, 5.74) is 0. The summed E-state index contributed by atoms with van der Waals surface area (Å²) in [5, 5.41) is 2.83. The molecule has 0 saturated carbocycles. The van der Waals surface area contributed by atoms with Gasteiger partial charge in [0.2, 0.25) is 5.91 Å². The maximum absolute atomic E-state index is 12.7. The lowest BCUT2D eigenvalue weighted by Gasteiger charge is -2.26. The monoisotopic (exact) mass is 438 g/mol. The Morgan fingerprint density at radius 3 is 2.69 bits per heavy atom. The van der Waals surface area contributed by atoms with Crippen molar-refractivity contribution < 1.29 is 27.4 Å². The van der Waals surface area contributed by atoms with Crippen molar-refractivity contribution in [1.82, 2.24) is 9.62 Å². The molecule has 2 aromatic rings. The first kappa shape index (κ1) is 20.1. The second-order valence-corrected chi connectivity index (χ2v) is 10.0. The highest BCUT2D eigenvalue weighted by atomic mass is 32.2. The van der Waals surface area contributed by atoms with Crippen molar-refractivity contribution in [2.75, 3.05) is 39.5 Å². The lowest BCUT2D eigenvalue weighted by molar-refractivity contribution is -0.120. The van der Waals surface area contributed by atoms with Crippen LogP contribution in [0.4, 0.5) is 0 Å². The van der Waals surface area contributed by atoms with E-state index in [4.69, 9.17) is 14.2 Å². The summed E-state index contributed by atoms with van der Waals surface area (Å²) in [4.78, 5) is 13.0. The van der Waals surface area contributed by atoms with Gasteiger partial charge in [-0.15, -0.1) is 11.3 Å². The highest BCUT2D eigenvalue weighted by Gasteiger charge is 2.28. The fraction of sp³-hybridized carbons (Fsp3) is 0.421. The zero-order valence-corrected chi connectivity index (χ0v) is 17.3. The summed E-state index contributed by atoms with van der Waals surface area (Å²) in [6.45, 7) is 2.18. The van der Waals surface area contributed by atoms with Gasteiger partial charge in [0.15, 0.2) is 11.5 Å². The minimum Gasteiger partial charge on any atom is -0.486 e. The molecule has 1 saturated heterocycles. The number of hydrogen-bond donors (Lipinski definition) is 1. The van der Waals surface area contributed by atoms with Gasteiger partial charge in [-0.1, -0.05) is 12.1 Å². The number of nitrogens with zero attached hydrogens (tertiary/aromatic N) is 1. The van der Waals surface area contributed by atoms with Crippen molar-refractivity contribution >= 4 is 27.3 Å². The Kier molecular flexibility index (Phi) is 6.04. The van der Waals surface area contributed by atoms with Crippen LogP contribution < -0.4 is 14.8 Å². The number of carbonyl (C=O) groups excluding carboxylic acids is 1. The molecule has 1 aromatic carbocycles. The lowest BCUT2D eigenvalue weighted by Crippen LogP contribution is -2.41. The average molecular weight is 439 g/mol. The Labute approximate surface area is 173 Å². The minimum atomic E-state index is -3.53. The third-order valence-corrected chi connectivity index (χ3v) is 8.08. The minimum absolute atomic E-state index is 0.119. The normalized spacial score (nSPS) is 19.7. The van der Waals surface area contributed by atoms with Gasteiger partial charge in [0.05, 0.1) is 26.2 Å². The van der Waals surface area contributed by atoms with E-state index in [2.05, 4.69) is 5.32 Å². The van der Waals surface area contributed by atoms with Gasteiger partial charge in [0.25, 0.3) is 10.0 Å². The number of carbonyl (C=O) groups is 1. The molecule has 0 bridgehead atoms.